The van der Waals surface area contributed by atoms with E-state index in [4.69, 9.17) is 46.4 Å². The molecule has 0 bridgehead atoms. The molecule has 0 aromatic heterocycles. The van der Waals surface area contributed by atoms with Gasteiger partial charge in [-0.25, -0.2) is 0 Å². The highest BCUT2D eigenvalue weighted by Gasteiger charge is 2.16. The van der Waals surface area contributed by atoms with Crippen molar-refractivity contribution in [3.05, 3.63) is 55.5 Å². The maximum absolute atomic E-state index is 9.92. The molecule has 100 valence electrons. The molecule has 0 unspecified atom stereocenters. The molecule has 0 atom stereocenters. The highest BCUT2D eigenvalue weighted by Crippen LogP contribution is 2.39. The van der Waals surface area contributed by atoms with Gasteiger partial charge in [0.25, 0.3) is 0 Å². The fourth-order valence-corrected chi connectivity index (χ4v) is 2.48. The summed E-state index contributed by atoms with van der Waals surface area (Å²) < 4.78 is 0. The summed E-state index contributed by atoms with van der Waals surface area (Å²) in [4.78, 5) is 0. The lowest BCUT2D eigenvalue weighted by Gasteiger charge is -2.12. The maximum atomic E-state index is 9.92. The van der Waals surface area contributed by atoms with E-state index in [2.05, 4.69) is 0 Å². The van der Waals surface area contributed by atoms with Crippen LogP contribution in [-0.2, 0) is 6.42 Å². The van der Waals surface area contributed by atoms with E-state index in [9.17, 15) is 10.2 Å². The van der Waals surface area contributed by atoms with Gasteiger partial charge in [-0.15, -0.1) is 0 Å². The maximum Gasteiger partial charge on any atom is 0.139 e. The van der Waals surface area contributed by atoms with Gasteiger partial charge in [0, 0.05) is 22.6 Å². The van der Waals surface area contributed by atoms with Gasteiger partial charge < -0.3 is 10.2 Å². The van der Waals surface area contributed by atoms with Gasteiger partial charge in [0.15, 0.2) is 0 Å². The van der Waals surface area contributed by atoms with Gasteiger partial charge in [-0.2, -0.15) is 0 Å². The van der Waals surface area contributed by atoms with Gasteiger partial charge >= 0.3 is 0 Å². The Morgan fingerprint density at radius 2 is 1.32 bits per heavy atom. The standard InChI is InChI=1S/C13H8Cl4O2/c14-8-1-2-10(16)13(19)6(8)5-7-11(18)4-3-9(15)12(7)17/h1-4,18-19H,5H2. The molecule has 2 rings (SSSR count). The fourth-order valence-electron chi connectivity index (χ4n) is 1.68. The smallest absolute Gasteiger partial charge is 0.139 e. The van der Waals surface area contributed by atoms with Crippen molar-refractivity contribution in [1.29, 1.82) is 0 Å². The van der Waals surface area contributed by atoms with Crippen LogP contribution in [0.1, 0.15) is 11.1 Å². The molecular formula is C13H8Cl4O2. The first kappa shape index (κ1) is 14.6. The second-order valence-electron chi connectivity index (χ2n) is 3.89. The largest absolute Gasteiger partial charge is 0.508 e. The second kappa shape index (κ2) is 5.68. The predicted octanol–water partition coefficient (Wildman–Crippen LogP) is 5.30. The lowest BCUT2D eigenvalue weighted by molar-refractivity contribution is 0.463. The zero-order valence-electron chi connectivity index (χ0n) is 9.42. The molecule has 0 fully saturated rings. The molecule has 0 radical (unpaired) electrons. The van der Waals surface area contributed by atoms with Crippen molar-refractivity contribution >= 4 is 46.4 Å². The summed E-state index contributed by atoms with van der Waals surface area (Å²) >= 11 is 23.8. The molecule has 0 heterocycles. The van der Waals surface area contributed by atoms with E-state index >= 15 is 0 Å². The van der Waals surface area contributed by atoms with Crippen LogP contribution in [0, 0.1) is 0 Å². The number of benzene rings is 2. The Balaban J connectivity index is 2.54. The van der Waals surface area contributed by atoms with Gasteiger partial charge in [0.2, 0.25) is 0 Å². The number of halogens is 4. The number of phenols is 2. The van der Waals surface area contributed by atoms with Crippen LogP contribution in [0.15, 0.2) is 24.3 Å². The van der Waals surface area contributed by atoms with Crippen molar-refractivity contribution in [2.24, 2.45) is 0 Å². The average Bonchev–Trinajstić information content (AvgIpc) is 2.38. The van der Waals surface area contributed by atoms with E-state index in [-0.39, 0.29) is 28.0 Å². The van der Waals surface area contributed by atoms with Gasteiger partial charge in [0.1, 0.15) is 11.5 Å². The lowest BCUT2D eigenvalue weighted by Crippen LogP contribution is -1.93. The molecule has 0 aliphatic carbocycles. The summed E-state index contributed by atoms with van der Waals surface area (Å²) in [7, 11) is 0. The van der Waals surface area contributed by atoms with Crippen LogP contribution in [0.5, 0.6) is 11.5 Å². The fraction of sp³-hybridized carbons (Fsp3) is 0.0769. The summed E-state index contributed by atoms with van der Waals surface area (Å²) in [6.45, 7) is 0. The molecule has 19 heavy (non-hydrogen) atoms. The molecule has 0 amide bonds. The van der Waals surface area contributed by atoms with Crippen LogP contribution in [0.25, 0.3) is 0 Å². The summed E-state index contributed by atoms with van der Waals surface area (Å²) in [5.74, 6) is -0.158. The monoisotopic (exact) mass is 336 g/mol. The van der Waals surface area contributed by atoms with Gasteiger partial charge in [-0.3, -0.25) is 0 Å². The number of phenolic OH excluding ortho intramolecular Hbond substituents is 2. The van der Waals surface area contributed by atoms with Gasteiger partial charge in [-0.05, 0) is 24.3 Å². The Kier molecular flexibility index (Phi) is 4.36. The molecule has 2 nitrogen and oxygen atoms in total. The predicted molar refractivity (Wildman–Crippen MR) is 79.1 cm³/mol. The van der Waals surface area contributed by atoms with Crippen LogP contribution in [0.3, 0.4) is 0 Å². The third-order valence-electron chi connectivity index (χ3n) is 2.70. The Bertz CT molecular complexity index is 586. The SMILES string of the molecule is Oc1ccc(Cl)c(Cl)c1Cc1c(Cl)ccc(Cl)c1O. The molecular weight excluding hydrogens is 330 g/mol. The van der Waals surface area contributed by atoms with Crippen molar-refractivity contribution in [1.82, 2.24) is 0 Å². The van der Waals surface area contributed by atoms with Crippen molar-refractivity contribution in [3.8, 4) is 11.5 Å². The number of rotatable bonds is 2. The summed E-state index contributed by atoms with van der Waals surface area (Å²) in [5, 5.41) is 20.8. The Morgan fingerprint density at radius 1 is 0.737 bits per heavy atom. The minimum Gasteiger partial charge on any atom is -0.508 e. The minimum atomic E-state index is -0.135. The van der Waals surface area contributed by atoms with Gasteiger partial charge in [-0.1, -0.05) is 46.4 Å². The van der Waals surface area contributed by atoms with Crippen LogP contribution in [0.2, 0.25) is 20.1 Å². The van der Waals surface area contributed by atoms with E-state index in [1.54, 1.807) is 6.07 Å². The van der Waals surface area contributed by atoms with E-state index in [1.807, 2.05) is 0 Å². The van der Waals surface area contributed by atoms with Crippen molar-refractivity contribution in [2.45, 2.75) is 6.42 Å². The second-order valence-corrected chi connectivity index (χ2v) is 5.49. The van der Waals surface area contributed by atoms with E-state index in [1.165, 1.54) is 18.2 Å². The molecule has 0 spiro atoms. The zero-order chi connectivity index (χ0) is 14.2. The third kappa shape index (κ3) is 2.87. The summed E-state index contributed by atoms with van der Waals surface area (Å²) in [6, 6.07) is 5.97. The Labute approximate surface area is 130 Å². The van der Waals surface area contributed by atoms with Crippen LogP contribution in [-0.4, -0.2) is 10.2 Å². The molecule has 2 aromatic rings. The number of aromatic hydroxyl groups is 2. The summed E-state index contributed by atoms with van der Waals surface area (Å²) in [5.41, 5.74) is 0.766. The van der Waals surface area contributed by atoms with E-state index < -0.39 is 0 Å². The summed E-state index contributed by atoms with van der Waals surface area (Å²) in [6.07, 6.45) is 0.121. The third-order valence-corrected chi connectivity index (χ3v) is 4.20. The Hall–Kier alpha value is -0.800. The Morgan fingerprint density at radius 3 is 2.00 bits per heavy atom. The number of hydrogen-bond donors (Lipinski definition) is 2. The molecule has 6 heteroatoms. The first-order chi connectivity index (χ1) is 8.91. The quantitative estimate of drug-likeness (QED) is 0.780. The highest BCUT2D eigenvalue weighted by atomic mass is 35.5. The number of hydrogen-bond acceptors (Lipinski definition) is 2. The van der Waals surface area contributed by atoms with Crippen molar-refractivity contribution in [3.63, 3.8) is 0 Å². The first-order valence-corrected chi connectivity index (χ1v) is 6.74. The molecule has 0 aliphatic heterocycles. The van der Waals surface area contributed by atoms with E-state index in [0.717, 1.165) is 0 Å². The van der Waals surface area contributed by atoms with Crippen molar-refractivity contribution in [2.75, 3.05) is 0 Å². The zero-order valence-corrected chi connectivity index (χ0v) is 12.4. The van der Waals surface area contributed by atoms with Crippen LogP contribution >= 0.6 is 46.4 Å². The molecule has 0 aliphatic rings. The topological polar surface area (TPSA) is 40.5 Å². The van der Waals surface area contributed by atoms with Crippen molar-refractivity contribution < 1.29 is 10.2 Å². The first-order valence-electron chi connectivity index (χ1n) is 5.23. The normalized spacial score (nSPS) is 10.7. The van der Waals surface area contributed by atoms with Gasteiger partial charge in [0.05, 0.1) is 15.1 Å². The molecule has 0 saturated carbocycles. The highest BCUT2D eigenvalue weighted by molar-refractivity contribution is 6.42. The molecule has 2 N–H and O–H groups in total. The molecule has 0 saturated heterocycles. The van der Waals surface area contributed by atoms with E-state index in [0.29, 0.717) is 21.2 Å². The average molecular weight is 338 g/mol. The molecule has 2 aromatic carbocycles. The van der Waals surface area contributed by atoms with Crippen LogP contribution < -0.4 is 0 Å². The van der Waals surface area contributed by atoms with Crippen LogP contribution in [0.4, 0.5) is 0 Å². The minimum absolute atomic E-state index is 0.0233. The lowest BCUT2D eigenvalue weighted by atomic mass is 10.0.